The van der Waals surface area contributed by atoms with Crippen LogP contribution in [-0.2, 0) is 0 Å². The minimum atomic E-state index is 0.857. The Labute approximate surface area is 96.2 Å². The minimum absolute atomic E-state index is 0.857. The van der Waals surface area contributed by atoms with Crippen molar-refractivity contribution < 1.29 is 0 Å². The molecular weight excluding hydrogens is 186 g/mol. The Kier molecular flexibility index (Phi) is 12.6. The van der Waals surface area contributed by atoms with Crippen molar-refractivity contribution >= 4 is 5.96 Å². The molecule has 0 amide bonds. The summed E-state index contributed by atoms with van der Waals surface area (Å²) in [5, 5.41) is 0. The van der Waals surface area contributed by atoms with Crippen LogP contribution in [0.15, 0.2) is 4.99 Å². The number of hydrogen-bond acceptors (Lipinski definition) is 1. The van der Waals surface area contributed by atoms with Gasteiger partial charge < -0.3 is 9.80 Å². The molecule has 0 N–H and O–H groups in total. The van der Waals surface area contributed by atoms with Gasteiger partial charge in [0.2, 0.25) is 0 Å². The fourth-order valence-corrected chi connectivity index (χ4v) is 1.25. The summed E-state index contributed by atoms with van der Waals surface area (Å²) in [6.07, 6.45) is 0. The minimum Gasteiger partial charge on any atom is -0.346 e. The van der Waals surface area contributed by atoms with E-state index in [1.54, 1.807) is 0 Å². The van der Waals surface area contributed by atoms with Gasteiger partial charge in [0.1, 0.15) is 0 Å². The standard InChI is InChI=1S/C10H23N3.C2H6/c1-6-11-10(12(5)7-2)13(8-3)9-4;1-2/h6-9H2,1-5H3;1-2H3. The highest BCUT2D eigenvalue weighted by molar-refractivity contribution is 5.79. The smallest absolute Gasteiger partial charge is 0.196 e. The molecular formula is C12H29N3. The maximum atomic E-state index is 4.51. The van der Waals surface area contributed by atoms with E-state index in [-0.39, 0.29) is 0 Å². The first kappa shape index (κ1) is 16.7. The lowest BCUT2D eigenvalue weighted by Gasteiger charge is -2.29. The number of rotatable bonds is 4. The SMILES string of the molecule is CC.CCN=C(N(C)CC)N(CC)CC. The quantitative estimate of drug-likeness (QED) is 0.530. The maximum Gasteiger partial charge on any atom is 0.196 e. The molecule has 0 aromatic carbocycles. The molecule has 0 atom stereocenters. The predicted octanol–water partition coefficient (Wildman–Crippen LogP) is 2.68. The first-order chi connectivity index (χ1) is 7.21. The van der Waals surface area contributed by atoms with Crippen molar-refractivity contribution in [3.63, 3.8) is 0 Å². The molecule has 3 nitrogen and oxygen atoms in total. The van der Waals surface area contributed by atoms with Crippen LogP contribution in [0.4, 0.5) is 0 Å². The first-order valence-electron chi connectivity index (χ1n) is 6.21. The molecule has 0 aliphatic heterocycles. The fraction of sp³-hybridized carbons (Fsp3) is 0.917. The maximum absolute atomic E-state index is 4.51. The van der Waals surface area contributed by atoms with E-state index in [1.165, 1.54) is 0 Å². The van der Waals surface area contributed by atoms with Gasteiger partial charge in [-0.05, 0) is 27.7 Å². The van der Waals surface area contributed by atoms with Crippen LogP contribution >= 0.6 is 0 Å². The lowest BCUT2D eigenvalue weighted by molar-refractivity contribution is 0.375. The van der Waals surface area contributed by atoms with Crippen molar-refractivity contribution in [3.8, 4) is 0 Å². The van der Waals surface area contributed by atoms with Crippen LogP contribution < -0.4 is 0 Å². The Morgan fingerprint density at radius 2 is 1.40 bits per heavy atom. The zero-order valence-electron chi connectivity index (χ0n) is 11.7. The lowest BCUT2D eigenvalue weighted by Crippen LogP contribution is -2.42. The van der Waals surface area contributed by atoms with E-state index < -0.39 is 0 Å². The summed E-state index contributed by atoms with van der Waals surface area (Å²) in [4.78, 5) is 8.98. The van der Waals surface area contributed by atoms with Gasteiger partial charge in [0.25, 0.3) is 0 Å². The Morgan fingerprint density at radius 3 is 1.67 bits per heavy atom. The summed E-state index contributed by atoms with van der Waals surface area (Å²) < 4.78 is 0. The molecule has 15 heavy (non-hydrogen) atoms. The van der Waals surface area contributed by atoms with Crippen LogP contribution in [0.3, 0.4) is 0 Å². The summed E-state index contributed by atoms with van der Waals surface area (Å²) in [7, 11) is 2.09. The molecule has 0 aliphatic rings. The van der Waals surface area contributed by atoms with Crippen LogP contribution in [0.25, 0.3) is 0 Å². The average molecular weight is 215 g/mol. The van der Waals surface area contributed by atoms with Gasteiger partial charge in [-0.2, -0.15) is 0 Å². The molecule has 0 saturated heterocycles. The van der Waals surface area contributed by atoms with E-state index in [0.29, 0.717) is 0 Å². The molecule has 0 heterocycles. The molecule has 0 aromatic rings. The Bertz CT molecular complexity index is 151. The summed E-state index contributed by atoms with van der Waals surface area (Å²) in [6, 6.07) is 0. The number of hydrogen-bond donors (Lipinski definition) is 0. The molecule has 0 bridgehead atoms. The zero-order valence-corrected chi connectivity index (χ0v) is 11.7. The number of aliphatic imine (C=N–C) groups is 1. The third kappa shape index (κ3) is 6.37. The molecule has 0 aliphatic carbocycles. The van der Waals surface area contributed by atoms with Gasteiger partial charge in [0, 0.05) is 33.2 Å². The van der Waals surface area contributed by atoms with E-state index in [4.69, 9.17) is 0 Å². The van der Waals surface area contributed by atoms with Crippen molar-refractivity contribution in [3.05, 3.63) is 0 Å². The van der Waals surface area contributed by atoms with Crippen molar-refractivity contribution in [2.75, 3.05) is 33.2 Å². The monoisotopic (exact) mass is 215 g/mol. The van der Waals surface area contributed by atoms with Crippen molar-refractivity contribution in [2.45, 2.75) is 41.5 Å². The summed E-state index contributed by atoms with van der Waals surface area (Å²) in [6.45, 7) is 16.5. The molecule has 0 radical (unpaired) electrons. The third-order valence-corrected chi connectivity index (χ3v) is 2.16. The molecule has 0 fully saturated rings. The van der Waals surface area contributed by atoms with Gasteiger partial charge in [0.05, 0.1) is 0 Å². The largest absolute Gasteiger partial charge is 0.346 e. The fourth-order valence-electron chi connectivity index (χ4n) is 1.25. The molecule has 0 saturated carbocycles. The van der Waals surface area contributed by atoms with Crippen LogP contribution in [0, 0.1) is 0 Å². The van der Waals surface area contributed by atoms with Crippen molar-refractivity contribution in [1.82, 2.24) is 9.80 Å². The highest BCUT2D eigenvalue weighted by Gasteiger charge is 2.09. The van der Waals surface area contributed by atoms with Gasteiger partial charge in [-0.15, -0.1) is 0 Å². The molecule has 0 rings (SSSR count). The lowest BCUT2D eigenvalue weighted by atomic mass is 10.5. The highest BCUT2D eigenvalue weighted by atomic mass is 15.4. The van der Waals surface area contributed by atoms with Crippen molar-refractivity contribution in [2.24, 2.45) is 4.99 Å². The molecule has 0 unspecified atom stereocenters. The van der Waals surface area contributed by atoms with Crippen LogP contribution in [-0.4, -0.2) is 49.0 Å². The van der Waals surface area contributed by atoms with Gasteiger partial charge in [-0.3, -0.25) is 4.99 Å². The first-order valence-corrected chi connectivity index (χ1v) is 6.21. The Balaban J connectivity index is 0. The zero-order chi connectivity index (χ0) is 12.3. The molecule has 0 aromatic heterocycles. The summed E-state index contributed by atoms with van der Waals surface area (Å²) in [5.74, 6) is 1.12. The van der Waals surface area contributed by atoms with E-state index in [9.17, 15) is 0 Å². The van der Waals surface area contributed by atoms with Crippen LogP contribution in [0.2, 0.25) is 0 Å². The van der Waals surface area contributed by atoms with Crippen LogP contribution in [0.5, 0.6) is 0 Å². The average Bonchev–Trinajstić information content (AvgIpc) is 2.31. The summed E-state index contributed by atoms with van der Waals surface area (Å²) >= 11 is 0. The summed E-state index contributed by atoms with van der Waals surface area (Å²) in [5.41, 5.74) is 0. The predicted molar refractivity (Wildman–Crippen MR) is 70.5 cm³/mol. The Morgan fingerprint density at radius 1 is 0.933 bits per heavy atom. The van der Waals surface area contributed by atoms with Gasteiger partial charge >= 0.3 is 0 Å². The van der Waals surface area contributed by atoms with E-state index in [0.717, 1.165) is 32.1 Å². The molecule has 3 heteroatoms. The highest BCUT2D eigenvalue weighted by Crippen LogP contribution is 1.97. The molecule has 92 valence electrons. The van der Waals surface area contributed by atoms with Crippen molar-refractivity contribution in [1.29, 1.82) is 0 Å². The van der Waals surface area contributed by atoms with E-state index in [1.807, 2.05) is 13.8 Å². The number of nitrogens with zero attached hydrogens (tertiary/aromatic N) is 3. The second-order valence-electron chi connectivity index (χ2n) is 2.96. The Hall–Kier alpha value is -0.730. The second-order valence-corrected chi connectivity index (χ2v) is 2.96. The van der Waals surface area contributed by atoms with E-state index in [2.05, 4.69) is 49.5 Å². The topological polar surface area (TPSA) is 18.8 Å². The second kappa shape index (κ2) is 11.3. The van der Waals surface area contributed by atoms with Gasteiger partial charge in [-0.1, -0.05) is 13.8 Å². The van der Waals surface area contributed by atoms with E-state index >= 15 is 0 Å². The third-order valence-electron chi connectivity index (χ3n) is 2.16. The van der Waals surface area contributed by atoms with Gasteiger partial charge in [0.15, 0.2) is 5.96 Å². The molecule has 0 spiro atoms. The van der Waals surface area contributed by atoms with Gasteiger partial charge in [-0.25, -0.2) is 0 Å². The number of guanidine groups is 1. The van der Waals surface area contributed by atoms with Crippen LogP contribution in [0.1, 0.15) is 41.5 Å². The normalized spacial score (nSPS) is 10.5.